The number of anilines is 1. The van der Waals surface area contributed by atoms with E-state index in [1.54, 1.807) is 0 Å². The molecule has 2 nitrogen and oxygen atoms in total. The molecule has 0 heterocycles. The topological polar surface area (TPSA) is 38.0 Å². The highest BCUT2D eigenvalue weighted by Gasteiger charge is 2.27. The number of hydrogen-bond donors (Lipinski definition) is 2. The number of nitrogen functional groups attached to an aromatic ring is 1. The zero-order valence-corrected chi connectivity index (χ0v) is 10.1. The second-order valence-corrected chi connectivity index (χ2v) is 5.19. The Bertz CT molecular complexity index is 323. The monoisotopic (exact) mass is 218 g/mol. The molecule has 0 amide bonds. The summed E-state index contributed by atoms with van der Waals surface area (Å²) in [5.41, 5.74) is 8.27. The molecule has 0 aliphatic heterocycles. The van der Waals surface area contributed by atoms with Gasteiger partial charge in [-0.1, -0.05) is 25.0 Å². The fourth-order valence-corrected chi connectivity index (χ4v) is 2.53. The number of hydrogen-bond acceptors (Lipinski definition) is 2. The van der Waals surface area contributed by atoms with Crippen LogP contribution in [-0.2, 0) is 6.42 Å². The highest BCUT2D eigenvalue weighted by Crippen LogP contribution is 2.28. The fourth-order valence-electron chi connectivity index (χ4n) is 2.53. The third-order valence-corrected chi connectivity index (χ3v) is 3.65. The lowest BCUT2D eigenvalue weighted by atomic mass is 10.0. The second-order valence-electron chi connectivity index (χ2n) is 5.19. The van der Waals surface area contributed by atoms with Gasteiger partial charge in [0, 0.05) is 11.2 Å². The minimum Gasteiger partial charge on any atom is -0.399 e. The SMILES string of the molecule is CC1(NCCc2ccc(N)cc2)CCCC1. The van der Waals surface area contributed by atoms with Gasteiger partial charge in [-0.3, -0.25) is 0 Å². The van der Waals surface area contributed by atoms with Crippen LogP contribution in [0.2, 0.25) is 0 Å². The fraction of sp³-hybridized carbons (Fsp3) is 0.571. The molecule has 0 unspecified atom stereocenters. The van der Waals surface area contributed by atoms with Gasteiger partial charge < -0.3 is 11.1 Å². The summed E-state index contributed by atoms with van der Waals surface area (Å²) >= 11 is 0. The van der Waals surface area contributed by atoms with Crippen LogP contribution >= 0.6 is 0 Å². The first-order chi connectivity index (χ1) is 7.68. The van der Waals surface area contributed by atoms with E-state index in [0.717, 1.165) is 18.7 Å². The van der Waals surface area contributed by atoms with E-state index in [0.29, 0.717) is 5.54 Å². The molecule has 1 aromatic carbocycles. The van der Waals surface area contributed by atoms with E-state index in [1.165, 1.54) is 31.2 Å². The Morgan fingerprint density at radius 2 is 1.81 bits per heavy atom. The van der Waals surface area contributed by atoms with Gasteiger partial charge in [-0.25, -0.2) is 0 Å². The summed E-state index contributed by atoms with van der Waals surface area (Å²) in [5.74, 6) is 0. The smallest absolute Gasteiger partial charge is 0.0314 e. The molecule has 2 heteroatoms. The van der Waals surface area contributed by atoms with E-state index in [-0.39, 0.29) is 0 Å². The molecule has 0 bridgehead atoms. The van der Waals surface area contributed by atoms with Crippen LogP contribution in [0.4, 0.5) is 5.69 Å². The van der Waals surface area contributed by atoms with Crippen molar-refractivity contribution in [1.82, 2.24) is 5.32 Å². The maximum atomic E-state index is 5.66. The highest BCUT2D eigenvalue weighted by atomic mass is 15.0. The molecule has 1 aromatic rings. The molecule has 88 valence electrons. The average molecular weight is 218 g/mol. The van der Waals surface area contributed by atoms with Gasteiger partial charge in [0.1, 0.15) is 0 Å². The predicted molar refractivity (Wildman–Crippen MR) is 69.4 cm³/mol. The first-order valence-corrected chi connectivity index (χ1v) is 6.27. The number of nitrogens with two attached hydrogens (primary N) is 1. The molecule has 0 spiro atoms. The lowest BCUT2D eigenvalue weighted by Crippen LogP contribution is -2.40. The Morgan fingerprint density at radius 1 is 1.19 bits per heavy atom. The molecule has 1 saturated carbocycles. The van der Waals surface area contributed by atoms with Crippen LogP contribution in [0, 0.1) is 0 Å². The largest absolute Gasteiger partial charge is 0.399 e. The van der Waals surface area contributed by atoms with Crippen LogP contribution in [-0.4, -0.2) is 12.1 Å². The lowest BCUT2D eigenvalue weighted by Gasteiger charge is -2.25. The Hall–Kier alpha value is -1.02. The van der Waals surface area contributed by atoms with Crippen molar-refractivity contribution in [2.45, 2.75) is 44.6 Å². The molecule has 1 fully saturated rings. The summed E-state index contributed by atoms with van der Waals surface area (Å²) in [6.45, 7) is 3.42. The quantitative estimate of drug-likeness (QED) is 0.763. The Labute approximate surface area is 98.2 Å². The Kier molecular flexibility index (Phi) is 3.49. The zero-order valence-electron chi connectivity index (χ0n) is 10.1. The van der Waals surface area contributed by atoms with Gasteiger partial charge in [0.15, 0.2) is 0 Å². The molecule has 0 radical (unpaired) electrons. The van der Waals surface area contributed by atoms with Gasteiger partial charge in [0.25, 0.3) is 0 Å². The summed E-state index contributed by atoms with van der Waals surface area (Å²) in [4.78, 5) is 0. The van der Waals surface area contributed by atoms with E-state index in [9.17, 15) is 0 Å². The van der Waals surface area contributed by atoms with Crippen LogP contribution in [0.15, 0.2) is 24.3 Å². The van der Waals surface area contributed by atoms with Crippen molar-refractivity contribution in [3.63, 3.8) is 0 Å². The molecule has 1 aliphatic carbocycles. The Balaban J connectivity index is 1.77. The van der Waals surface area contributed by atoms with Gasteiger partial charge in [0.2, 0.25) is 0 Å². The van der Waals surface area contributed by atoms with Crippen molar-refractivity contribution < 1.29 is 0 Å². The van der Waals surface area contributed by atoms with Crippen LogP contribution in [0.25, 0.3) is 0 Å². The maximum Gasteiger partial charge on any atom is 0.0314 e. The van der Waals surface area contributed by atoms with Crippen molar-refractivity contribution >= 4 is 5.69 Å². The van der Waals surface area contributed by atoms with Gasteiger partial charge >= 0.3 is 0 Å². The van der Waals surface area contributed by atoms with Gasteiger partial charge in [-0.2, -0.15) is 0 Å². The van der Waals surface area contributed by atoms with Gasteiger partial charge in [-0.15, -0.1) is 0 Å². The first kappa shape index (κ1) is 11.5. The Morgan fingerprint density at radius 3 is 2.44 bits per heavy atom. The molecule has 0 aromatic heterocycles. The third-order valence-electron chi connectivity index (χ3n) is 3.65. The van der Waals surface area contributed by atoms with Crippen LogP contribution < -0.4 is 11.1 Å². The second kappa shape index (κ2) is 4.88. The van der Waals surface area contributed by atoms with Crippen molar-refractivity contribution in [2.75, 3.05) is 12.3 Å². The minimum atomic E-state index is 0.397. The minimum absolute atomic E-state index is 0.397. The standard InChI is InChI=1S/C14H22N2/c1-14(9-2-3-10-14)16-11-8-12-4-6-13(15)7-5-12/h4-7,16H,2-3,8-11,15H2,1H3. The molecular weight excluding hydrogens is 196 g/mol. The number of benzene rings is 1. The summed E-state index contributed by atoms with van der Waals surface area (Å²) in [6.07, 6.45) is 6.51. The van der Waals surface area contributed by atoms with Crippen molar-refractivity contribution in [1.29, 1.82) is 0 Å². The van der Waals surface area contributed by atoms with Crippen molar-refractivity contribution in [3.05, 3.63) is 29.8 Å². The molecule has 3 N–H and O–H groups in total. The number of nitrogens with one attached hydrogen (secondary N) is 1. The van der Waals surface area contributed by atoms with E-state index < -0.39 is 0 Å². The summed E-state index contributed by atoms with van der Waals surface area (Å²) in [7, 11) is 0. The zero-order chi connectivity index (χ0) is 11.4. The van der Waals surface area contributed by atoms with E-state index in [4.69, 9.17) is 5.73 Å². The van der Waals surface area contributed by atoms with E-state index >= 15 is 0 Å². The lowest BCUT2D eigenvalue weighted by molar-refractivity contribution is 0.368. The molecule has 0 saturated heterocycles. The predicted octanol–water partition coefficient (Wildman–Crippen LogP) is 2.73. The average Bonchev–Trinajstić information content (AvgIpc) is 2.69. The highest BCUT2D eigenvalue weighted by molar-refractivity contribution is 5.39. The van der Waals surface area contributed by atoms with Gasteiger partial charge in [0.05, 0.1) is 0 Å². The number of rotatable bonds is 4. The van der Waals surface area contributed by atoms with Gasteiger partial charge in [-0.05, 0) is 50.4 Å². The molecule has 2 rings (SSSR count). The van der Waals surface area contributed by atoms with E-state index in [1.807, 2.05) is 12.1 Å². The van der Waals surface area contributed by atoms with Crippen LogP contribution in [0.3, 0.4) is 0 Å². The van der Waals surface area contributed by atoms with Crippen LogP contribution in [0.5, 0.6) is 0 Å². The first-order valence-electron chi connectivity index (χ1n) is 6.27. The molecule has 0 atom stereocenters. The normalized spacial score (nSPS) is 18.8. The van der Waals surface area contributed by atoms with Crippen molar-refractivity contribution in [3.8, 4) is 0 Å². The summed E-state index contributed by atoms with van der Waals surface area (Å²) in [5, 5.41) is 3.69. The third kappa shape index (κ3) is 2.99. The maximum absolute atomic E-state index is 5.66. The van der Waals surface area contributed by atoms with Crippen molar-refractivity contribution in [2.24, 2.45) is 0 Å². The summed E-state index contributed by atoms with van der Waals surface area (Å²) in [6, 6.07) is 8.20. The van der Waals surface area contributed by atoms with E-state index in [2.05, 4.69) is 24.4 Å². The molecule has 1 aliphatic rings. The molecular formula is C14H22N2. The van der Waals surface area contributed by atoms with Crippen LogP contribution in [0.1, 0.15) is 38.2 Å². The summed E-state index contributed by atoms with van der Waals surface area (Å²) < 4.78 is 0. The molecule has 16 heavy (non-hydrogen) atoms.